The second-order valence-electron chi connectivity index (χ2n) is 4.43. The summed E-state index contributed by atoms with van der Waals surface area (Å²) in [6.07, 6.45) is 3.58. The van der Waals surface area contributed by atoms with Crippen molar-refractivity contribution in [3.63, 3.8) is 0 Å². The van der Waals surface area contributed by atoms with Crippen molar-refractivity contribution in [1.29, 1.82) is 0 Å². The molecule has 1 aromatic rings. The number of nitrogens with zero attached hydrogens (tertiary/aromatic N) is 2. The van der Waals surface area contributed by atoms with E-state index < -0.39 is 0 Å². The third-order valence-corrected chi connectivity index (χ3v) is 3.24. The molecule has 1 aromatic heterocycles. The summed E-state index contributed by atoms with van der Waals surface area (Å²) in [4.78, 5) is 17.7. The fourth-order valence-corrected chi connectivity index (χ4v) is 2.18. The molecule has 1 aliphatic rings. The van der Waals surface area contributed by atoms with E-state index in [9.17, 15) is 4.79 Å². The van der Waals surface area contributed by atoms with Gasteiger partial charge in [0, 0.05) is 20.2 Å². The number of hydrogen-bond donors (Lipinski definition) is 1. The first-order valence-corrected chi connectivity index (χ1v) is 6.24. The number of nitrogen functional groups attached to an aromatic ring is 1. The Bertz CT molecular complexity index is 447. The average molecular weight is 270 g/mol. The van der Waals surface area contributed by atoms with E-state index in [1.54, 1.807) is 18.0 Å². The smallest absolute Gasteiger partial charge is 0.256 e. The van der Waals surface area contributed by atoms with Crippen molar-refractivity contribution < 1.29 is 9.53 Å². The largest absolute Gasteiger partial charge is 0.397 e. The second kappa shape index (κ2) is 5.54. The van der Waals surface area contributed by atoms with Crippen LogP contribution in [0.4, 0.5) is 5.69 Å². The van der Waals surface area contributed by atoms with Gasteiger partial charge in [-0.15, -0.1) is 0 Å². The molecule has 0 radical (unpaired) electrons. The zero-order valence-electron chi connectivity index (χ0n) is 10.2. The number of carbonyl (C=O) groups excluding carboxylic acids is 1. The van der Waals surface area contributed by atoms with Gasteiger partial charge >= 0.3 is 0 Å². The van der Waals surface area contributed by atoms with E-state index >= 15 is 0 Å². The van der Waals surface area contributed by atoms with Crippen LogP contribution in [0.1, 0.15) is 23.2 Å². The molecule has 6 heteroatoms. The Morgan fingerprint density at radius 2 is 2.50 bits per heavy atom. The van der Waals surface area contributed by atoms with Crippen LogP contribution in [0.2, 0.25) is 5.15 Å². The first kappa shape index (κ1) is 13.1. The Labute approximate surface area is 111 Å². The molecule has 5 nitrogen and oxygen atoms in total. The Balaban J connectivity index is 2.07. The molecule has 1 saturated heterocycles. The molecule has 0 saturated carbocycles. The Morgan fingerprint density at radius 3 is 3.17 bits per heavy atom. The molecule has 1 unspecified atom stereocenters. The first-order chi connectivity index (χ1) is 8.58. The van der Waals surface area contributed by atoms with Gasteiger partial charge in [0.2, 0.25) is 0 Å². The van der Waals surface area contributed by atoms with Crippen molar-refractivity contribution in [3.8, 4) is 0 Å². The lowest BCUT2D eigenvalue weighted by Crippen LogP contribution is -2.34. The van der Waals surface area contributed by atoms with E-state index in [2.05, 4.69) is 4.98 Å². The number of carbonyl (C=O) groups is 1. The molecule has 1 atom stereocenters. The number of pyridine rings is 1. The van der Waals surface area contributed by atoms with Crippen LogP contribution in [0.25, 0.3) is 0 Å². The van der Waals surface area contributed by atoms with Crippen molar-refractivity contribution >= 4 is 23.2 Å². The van der Waals surface area contributed by atoms with Crippen LogP contribution in [0.3, 0.4) is 0 Å². The van der Waals surface area contributed by atoms with Gasteiger partial charge < -0.3 is 15.4 Å². The molecular weight excluding hydrogens is 254 g/mol. The number of rotatable bonds is 3. The van der Waals surface area contributed by atoms with Gasteiger partial charge in [0.1, 0.15) is 5.15 Å². The zero-order valence-corrected chi connectivity index (χ0v) is 11.0. The lowest BCUT2D eigenvalue weighted by atomic mass is 10.2. The number of ether oxygens (including phenoxy) is 1. The van der Waals surface area contributed by atoms with Crippen LogP contribution in [0.5, 0.6) is 0 Å². The molecule has 0 spiro atoms. The summed E-state index contributed by atoms with van der Waals surface area (Å²) in [5, 5.41) is 0.174. The quantitative estimate of drug-likeness (QED) is 0.846. The van der Waals surface area contributed by atoms with Gasteiger partial charge in [-0.2, -0.15) is 0 Å². The fraction of sp³-hybridized carbons (Fsp3) is 0.500. The number of hydrogen-bond acceptors (Lipinski definition) is 4. The molecule has 1 fully saturated rings. The Hall–Kier alpha value is -1.33. The van der Waals surface area contributed by atoms with Crippen molar-refractivity contribution in [1.82, 2.24) is 9.88 Å². The molecule has 0 bridgehead atoms. The minimum atomic E-state index is -0.185. The van der Waals surface area contributed by atoms with E-state index in [0.29, 0.717) is 17.8 Å². The third kappa shape index (κ3) is 2.91. The summed E-state index contributed by atoms with van der Waals surface area (Å²) in [6.45, 7) is 1.33. The monoisotopic (exact) mass is 269 g/mol. The standard InChI is InChI=1S/C12H16ClN3O2/c1-16(7-9-3-2-4-18-9)12(17)10-5-8(14)6-15-11(10)13/h5-6,9H,2-4,7,14H2,1H3. The van der Waals surface area contributed by atoms with E-state index in [4.69, 9.17) is 22.1 Å². The number of likely N-dealkylation sites (N-methyl/N-ethyl adjacent to an activating group) is 1. The first-order valence-electron chi connectivity index (χ1n) is 5.86. The normalized spacial score (nSPS) is 18.9. The highest BCUT2D eigenvalue weighted by atomic mass is 35.5. The number of amides is 1. The average Bonchev–Trinajstić information content (AvgIpc) is 2.84. The van der Waals surface area contributed by atoms with Gasteiger partial charge in [0.25, 0.3) is 5.91 Å². The number of aromatic nitrogens is 1. The van der Waals surface area contributed by atoms with Crippen LogP contribution in [-0.4, -0.2) is 42.1 Å². The molecular formula is C12H16ClN3O2. The van der Waals surface area contributed by atoms with E-state index in [-0.39, 0.29) is 17.2 Å². The van der Waals surface area contributed by atoms with E-state index in [1.165, 1.54) is 6.20 Å². The summed E-state index contributed by atoms with van der Waals surface area (Å²) < 4.78 is 5.50. The SMILES string of the molecule is CN(CC1CCCO1)C(=O)c1cc(N)cnc1Cl. The van der Waals surface area contributed by atoms with Crippen LogP contribution in [-0.2, 0) is 4.74 Å². The van der Waals surface area contributed by atoms with Gasteiger partial charge in [0.15, 0.2) is 0 Å². The number of halogens is 1. The third-order valence-electron chi connectivity index (χ3n) is 2.94. The Kier molecular flexibility index (Phi) is 4.04. The lowest BCUT2D eigenvalue weighted by Gasteiger charge is -2.21. The van der Waals surface area contributed by atoms with Gasteiger partial charge in [-0.25, -0.2) is 4.98 Å². The molecule has 1 aliphatic heterocycles. The van der Waals surface area contributed by atoms with Gasteiger partial charge in [-0.1, -0.05) is 11.6 Å². The van der Waals surface area contributed by atoms with Gasteiger partial charge in [-0.05, 0) is 18.9 Å². The summed E-state index contributed by atoms with van der Waals surface area (Å²) in [5.41, 5.74) is 6.37. The summed E-state index contributed by atoms with van der Waals surface area (Å²) >= 11 is 5.91. The predicted molar refractivity (Wildman–Crippen MR) is 69.6 cm³/mol. The molecule has 18 heavy (non-hydrogen) atoms. The molecule has 2 rings (SSSR count). The summed E-state index contributed by atoms with van der Waals surface area (Å²) in [6, 6.07) is 1.55. The maximum atomic E-state index is 12.2. The summed E-state index contributed by atoms with van der Waals surface area (Å²) in [5.74, 6) is -0.185. The van der Waals surface area contributed by atoms with Crippen LogP contribution in [0.15, 0.2) is 12.3 Å². The molecule has 2 N–H and O–H groups in total. The predicted octanol–water partition coefficient (Wildman–Crippen LogP) is 1.57. The Morgan fingerprint density at radius 1 is 1.72 bits per heavy atom. The van der Waals surface area contributed by atoms with Crippen LogP contribution < -0.4 is 5.73 Å². The van der Waals surface area contributed by atoms with E-state index in [1.807, 2.05) is 0 Å². The molecule has 0 aromatic carbocycles. The minimum Gasteiger partial charge on any atom is -0.397 e. The number of anilines is 1. The van der Waals surface area contributed by atoms with Crippen molar-refractivity contribution in [2.45, 2.75) is 18.9 Å². The van der Waals surface area contributed by atoms with Gasteiger partial charge in [0.05, 0.1) is 23.6 Å². The lowest BCUT2D eigenvalue weighted by molar-refractivity contribution is 0.0587. The highest BCUT2D eigenvalue weighted by molar-refractivity contribution is 6.32. The second-order valence-corrected chi connectivity index (χ2v) is 4.79. The maximum Gasteiger partial charge on any atom is 0.256 e. The summed E-state index contributed by atoms with van der Waals surface area (Å²) in [7, 11) is 1.73. The molecule has 1 amide bonds. The van der Waals surface area contributed by atoms with Crippen molar-refractivity contribution in [3.05, 3.63) is 23.0 Å². The van der Waals surface area contributed by atoms with Crippen molar-refractivity contribution in [2.75, 3.05) is 25.9 Å². The number of nitrogens with two attached hydrogens (primary N) is 1. The minimum absolute atomic E-state index is 0.117. The van der Waals surface area contributed by atoms with Gasteiger partial charge in [-0.3, -0.25) is 4.79 Å². The van der Waals surface area contributed by atoms with Crippen molar-refractivity contribution in [2.24, 2.45) is 0 Å². The molecule has 2 heterocycles. The van der Waals surface area contributed by atoms with Crippen LogP contribution in [0, 0.1) is 0 Å². The maximum absolute atomic E-state index is 12.2. The highest BCUT2D eigenvalue weighted by Crippen LogP contribution is 2.19. The molecule has 98 valence electrons. The topological polar surface area (TPSA) is 68.5 Å². The fourth-order valence-electron chi connectivity index (χ4n) is 2.00. The molecule has 0 aliphatic carbocycles. The van der Waals surface area contributed by atoms with Crippen LogP contribution >= 0.6 is 11.6 Å². The van der Waals surface area contributed by atoms with E-state index in [0.717, 1.165) is 19.4 Å². The highest BCUT2D eigenvalue weighted by Gasteiger charge is 2.22. The zero-order chi connectivity index (χ0) is 13.1.